The lowest BCUT2D eigenvalue weighted by molar-refractivity contribution is 1.02. The third-order valence-electron chi connectivity index (χ3n) is 1.87. The molecule has 0 saturated carbocycles. The average molecular weight is 199 g/mol. The number of hydrogen-bond donors (Lipinski definition) is 0. The Kier molecular flexibility index (Phi) is 4.11. The van der Waals surface area contributed by atoms with Crippen LogP contribution in [-0.4, -0.2) is 13.3 Å². The molecule has 0 aromatic heterocycles. The summed E-state index contributed by atoms with van der Waals surface area (Å²) in [6, 6.07) is 11.8. The number of hydrogen-bond acceptors (Lipinski definition) is 3. The molecule has 0 aliphatic heterocycles. The second-order valence-electron chi connectivity index (χ2n) is 3.09. The van der Waals surface area contributed by atoms with Crippen LogP contribution in [-0.2, 0) is 0 Å². The van der Waals surface area contributed by atoms with Gasteiger partial charge in [0.25, 0.3) is 0 Å². The van der Waals surface area contributed by atoms with E-state index in [1.807, 2.05) is 43.4 Å². The largest absolute Gasteiger partial charge is 0.269 e. The molecule has 0 fully saturated rings. The predicted molar refractivity (Wildman–Crippen MR) is 62.7 cm³/mol. The molecule has 1 rings (SSSR count). The van der Waals surface area contributed by atoms with Crippen LogP contribution >= 0.6 is 0 Å². The number of hydrazone groups is 1. The van der Waals surface area contributed by atoms with Crippen LogP contribution in [0.4, 0.5) is 5.69 Å². The molecule has 0 aliphatic rings. The number of para-hydroxylation sites is 1. The van der Waals surface area contributed by atoms with Gasteiger partial charge >= 0.3 is 0 Å². The van der Waals surface area contributed by atoms with E-state index in [1.54, 1.807) is 24.2 Å². The third kappa shape index (κ3) is 3.65. The first-order chi connectivity index (χ1) is 7.24. The van der Waals surface area contributed by atoms with E-state index in [0.29, 0.717) is 5.57 Å². The standard InChI is InChI=1S/C12H13N3/c1-11(10-13)8-9-14-15(2)12-6-4-3-5-7-12/h3-9H,1-2H3/b11-8+,14-9+. The molecule has 0 bridgehead atoms. The average Bonchev–Trinajstić information content (AvgIpc) is 2.29. The Morgan fingerprint density at radius 2 is 2.07 bits per heavy atom. The topological polar surface area (TPSA) is 39.4 Å². The lowest BCUT2D eigenvalue weighted by Gasteiger charge is -2.11. The number of allylic oxidation sites excluding steroid dienone is 2. The van der Waals surface area contributed by atoms with E-state index in [2.05, 4.69) is 5.10 Å². The van der Waals surface area contributed by atoms with Crippen molar-refractivity contribution in [3.8, 4) is 6.07 Å². The van der Waals surface area contributed by atoms with E-state index in [4.69, 9.17) is 5.26 Å². The summed E-state index contributed by atoms with van der Waals surface area (Å²) < 4.78 is 0. The number of nitrogens with zero attached hydrogens (tertiary/aromatic N) is 3. The van der Waals surface area contributed by atoms with E-state index in [1.165, 1.54) is 0 Å². The van der Waals surface area contributed by atoms with Gasteiger partial charge in [0.15, 0.2) is 0 Å². The van der Waals surface area contributed by atoms with Crippen LogP contribution in [0.25, 0.3) is 0 Å². The van der Waals surface area contributed by atoms with Crippen LogP contribution in [0.1, 0.15) is 6.92 Å². The molecule has 3 nitrogen and oxygen atoms in total. The molecule has 0 spiro atoms. The Morgan fingerprint density at radius 1 is 1.40 bits per heavy atom. The maximum Gasteiger partial charge on any atom is 0.0944 e. The Balaban J connectivity index is 2.65. The summed E-state index contributed by atoms with van der Waals surface area (Å²) in [5.41, 5.74) is 1.65. The van der Waals surface area contributed by atoms with E-state index >= 15 is 0 Å². The number of anilines is 1. The Morgan fingerprint density at radius 3 is 2.67 bits per heavy atom. The second-order valence-corrected chi connectivity index (χ2v) is 3.09. The second kappa shape index (κ2) is 5.61. The van der Waals surface area contributed by atoms with Crippen LogP contribution < -0.4 is 5.01 Å². The fourth-order valence-electron chi connectivity index (χ4n) is 0.993. The first kappa shape index (κ1) is 11.0. The van der Waals surface area contributed by atoms with Crippen LogP contribution in [0.2, 0.25) is 0 Å². The van der Waals surface area contributed by atoms with Crippen molar-refractivity contribution >= 4 is 11.9 Å². The lowest BCUT2D eigenvalue weighted by Crippen LogP contribution is -2.07. The van der Waals surface area contributed by atoms with Gasteiger partial charge in [-0.25, -0.2) is 0 Å². The fourth-order valence-corrected chi connectivity index (χ4v) is 0.993. The zero-order valence-corrected chi connectivity index (χ0v) is 8.88. The first-order valence-corrected chi connectivity index (χ1v) is 4.64. The molecule has 3 heteroatoms. The van der Waals surface area contributed by atoms with Gasteiger partial charge in [0.1, 0.15) is 0 Å². The molecule has 0 amide bonds. The molecular weight excluding hydrogens is 186 g/mol. The van der Waals surface area contributed by atoms with Gasteiger partial charge in [-0.1, -0.05) is 18.2 Å². The molecule has 15 heavy (non-hydrogen) atoms. The molecule has 0 atom stereocenters. The number of rotatable bonds is 3. The molecule has 1 aromatic carbocycles. The van der Waals surface area contributed by atoms with Gasteiger partial charge in [0.2, 0.25) is 0 Å². The highest BCUT2D eigenvalue weighted by Crippen LogP contribution is 2.10. The quantitative estimate of drug-likeness (QED) is 0.426. The van der Waals surface area contributed by atoms with Gasteiger partial charge in [-0.3, -0.25) is 5.01 Å². The molecule has 0 aliphatic carbocycles. The zero-order valence-electron chi connectivity index (χ0n) is 8.88. The van der Waals surface area contributed by atoms with Gasteiger partial charge in [-0.15, -0.1) is 0 Å². The van der Waals surface area contributed by atoms with Gasteiger partial charge in [0, 0.05) is 18.8 Å². The summed E-state index contributed by atoms with van der Waals surface area (Å²) in [5.74, 6) is 0. The van der Waals surface area contributed by atoms with Crippen molar-refractivity contribution in [2.75, 3.05) is 12.1 Å². The van der Waals surface area contributed by atoms with Gasteiger partial charge in [0.05, 0.1) is 11.8 Å². The first-order valence-electron chi connectivity index (χ1n) is 4.64. The maximum atomic E-state index is 8.52. The van der Waals surface area contributed by atoms with Crippen molar-refractivity contribution in [1.82, 2.24) is 0 Å². The van der Waals surface area contributed by atoms with Crippen LogP contribution in [0, 0.1) is 11.3 Å². The van der Waals surface area contributed by atoms with E-state index in [-0.39, 0.29) is 0 Å². The minimum atomic E-state index is 0.639. The van der Waals surface area contributed by atoms with Gasteiger partial charge in [-0.2, -0.15) is 10.4 Å². The van der Waals surface area contributed by atoms with Crippen LogP contribution in [0.5, 0.6) is 0 Å². The van der Waals surface area contributed by atoms with Crippen molar-refractivity contribution in [2.45, 2.75) is 6.92 Å². The Labute approximate surface area is 89.9 Å². The van der Waals surface area contributed by atoms with Crippen molar-refractivity contribution in [2.24, 2.45) is 5.10 Å². The van der Waals surface area contributed by atoms with Crippen LogP contribution in [0.15, 0.2) is 47.1 Å². The summed E-state index contributed by atoms with van der Waals surface area (Å²) in [7, 11) is 1.86. The lowest BCUT2D eigenvalue weighted by atomic mass is 10.3. The highest BCUT2D eigenvalue weighted by Gasteiger charge is 1.93. The molecule has 0 N–H and O–H groups in total. The summed E-state index contributed by atoms with van der Waals surface area (Å²) in [4.78, 5) is 0. The predicted octanol–water partition coefficient (Wildman–Crippen LogP) is 2.58. The van der Waals surface area contributed by atoms with Crippen molar-refractivity contribution < 1.29 is 0 Å². The number of benzene rings is 1. The van der Waals surface area contributed by atoms with E-state index in [0.717, 1.165) is 5.69 Å². The van der Waals surface area contributed by atoms with Crippen LogP contribution in [0.3, 0.4) is 0 Å². The molecule has 76 valence electrons. The molecule has 1 aromatic rings. The molecule has 0 saturated heterocycles. The highest BCUT2D eigenvalue weighted by molar-refractivity contribution is 5.74. The van der Waals surface area contributed by atoms with Crippen molar-refractivity contribution in [3.05, 3.63) is 42.0 Å². The third-order valence-corrected chi connectivity index (χ3v) is 1.87. The summed E-state index contributed by atoms with van der Waals surface area (Å²) in [6.45, 7) is 1.74. The monoisotopic (exact) mass is 199 g/mol. The minimum Gasteiger partial charge on any atom is -0.269 e. The van der Waals surface area contributed by atoms with Crippen molar-refractivity contribution in [3.63, 3.8) is 0 Å². The van der Waals surface area contributed by atoms with E-state index < -0.39 is 0 Å². The zero-order chi connectivity index (χ0) is 11.1. The van der Waals surface area contributed by atoms with E-state index in [9.17, 15) is 0 Å². The summed E-state index contributed by atoms with van der Waals surface area (Å²) in [6.07, 6.45) is 3.30. The van der Waals surface area contributed by atoms with Crippen molar-refractivity contribution in [1.29, 1.82) is 5.26 Å². The Bertz CT molecular complexity index is 399. The molecule has 0 heterocycles. The molecular formula is C12H13N3. The minimum absolute atomic E-state index is 0.639. The normalized spacial score (nSPS) is 11.4. The molecule has 0 radical (unpaired) electrons. The molecule has 0 unspecified atom stereocenters. The number of nitriles is 1. The smallest absolute Gasteiger partial charge is 0.0944 e. The SMILES string of the molecule is C/C(C#N)=C\C=N\N(C)c1ccccc1. The fraction of sp³-hybridized carbons (Fsp3) is 0.167. The van der Waals surface area contributed by atoms with Gasteiger partial charge in [-0.05, 0) is 25.1 Å². The summed E-state index contributed by atoms with van der Waals surface area (Å²) in [5, 5.41) is 14.4. The highest BCUT2D eigenvalue weighted by atomic mass is 15.4. The summed E-state index contributed by atoms with van der Waals surface area (Å²) >= 11 is 0. The van der Waals surface area contributed by atoms with Gasteiger partial charge < -0.3 is 0 Å². The maximum absolute atomic E-state index is 8.52. The Hall–Kier alpha value is -2.08.